The third-order valence-corrected chi connectivity index (χ3v) is 2.91. The molecular formula is C13H11ClFN3O2. The fourth-order valence-electron chi connectivity index (χ4n) is 1.78. The van der Waals surface area contributed by atoms with Gasteiger partial charge < -0.3 is 5.32 Å². The molecule has 1 aromatic carbocycles. The van der Waals surface area contributed by atoms with E-state index in [1.54, 1.807) is 25.1 Å². The number of nitrogens with zero attached hydrogens (tertiary/aromatic N) is 2. The minimum atomic E-state index is -0.591. The van der Waals surface area contributed by atoms with Gasteiger partial charge in [-0.25, -0.2) is 4.39 Å². The second-order valence-electron chi connectivity index (χ2n) is 4.16. The first kappa shape index (κ1) is 14.2. The molecule has 2 rings (SSSR count). The van der Waals surface area contributed by atoms with Crippen molar-refractivity contribution in [2.24, 2.45) is 4.99 Å². The van der Waals surface area contributed by atoms with Gasteiger partial charge >= 0.3 is 0 Å². The van der Waals surface area contributed by atoms with Gasteiger partial charge in [0.15, 0.2) is 0 Å². The first-order valence-corrected chi connectivity index (χ1v) is 6.17. The van der Waals surface area contributed by atoms with Crippen LogP contribution < -0.4 is 5.32 Å². The maximum Gasteiger partial charge on any atom is 0.255 e. The van der Waals surface area contributed by atoms with Crippen LogP contribution in [0.3, 0.4) is 0 Å². The van der Waals surface area contributed by atoms with Crippen LogP contribution in [0.4, 0.5) is 4.39 Å². The fraction of sp³-hybridized carbons (Fsp3) is 0.154. The lowest BCUT2D eigenvalue weighted by Crippen LogP contribution is -2.18. The Morgan fingerprint density at radius 2 is 2.20 bits per heavy atom. The van der Waals surface area contributed by atoms with E-state index in [1.807, 2.05) is 0 Å². The number of hydrogen-bond acceptors (Lipinski definition) is 4. The average Bonchev–Trinajstić information content (AvgIpc) is 2.49. The summed E-state index contributed by atoms with van der Waals surface area (Å²) in [5.41, 5.74) is 0.865. The number of nitrogens with one attached hydrogen (secondary N) is 1. The van der Waals surface area contributed by atoms with Crippen LogP contribution in [0.2, 0.25) is 0 Å². The van der Waals surface area contributed by atoms with E-state index in [2.05, 4.69) is 10.3 Å². The van der Waals surface area contributed by atoms with E-state index in [4.69, 9.17) is 11.6 Å². The van der Waals surface area contributed by atoms with Gasteiger partial charge in [0.1, 0.15) is 16.7 Å². The third-order valence-electron chi connectivity index (χ3n) is 2.70. The van der Waals surface area contributed by atoms with Gasteiger partial charge in [-0.1, -0.05) is 23.7 Å². The van der Waals surface area contributed by atoms with Gasteiger partial charge in [-0.15, -0.1) is 0 Å². The Balaban J connectivity index is 2.47. The minimum absolute atomic E-state index is 0.143. The van der Waals surface area contributed by atoms with Crippen molar-refractivity contribution in [2.45, 2.75) is 13.0 Å². The molecule has 0 spiro atoms. The van der Waals surface area contributed by atoms with E-state index in [0.717, 1.165) is 6.20 Å². The molecule has 0 fully saturated rings. The van der Waals surface area contributed by atoms with Gasteiger partial charge in [0.2, 0.25) is 0 Å². The Morgan fingerprint density at radius 1 is 1.50 bits per heavy atom. The number of nitro groups is 1. The molecule has 0 amide bonds. The third kappa shape index (κ3) is 3.21. The van der Waals surface area contributed by atoms with E-state index in [-0.39, 0.29) is 10.9 Å². The lowest BCUT2D eigenvalue weighted by atomic mass is 10.1. The zero-order chi connectivity index (χ0) is 14.7. The SMILES string of the molecule is CC1N=C(c2ccccc2F)C=C(Cl)NC1=C[N+](=O)[O-]. The van der Waals surface area contributed by atoms with Gasteiger partial charge in [-0.05, 0) is 25.1 Å². The summed E-state index contributed by atoms with van der Waals surface area (Å²) in [6.45, 7) is 1.66. The summed E-state index contributed by atoms with van der Waals surface area (Å²) in [7, 11) is 0. The molecule has 0 saturated heterocycles. The van der Waals surface area contributed by atoms with Crippen LogP contribution in [0.5, 0.6) is 0 Å². The second kappa shape index (κ2) is 5.83. The number of rotatable bonds is 2. The molecule has 0 radical (unpaired) electrons. The number of hydrogen-bond donors (Lipinski definition) is 1. The molecule has 1 N–H and O–H groups in total. The molecular weight excluding hydrogens is 285 g/mol. The van der Waals surface area contributed by atoms with Crippen molar-refractivity contribution in [1.82, 2.24) is 5.32 Å². The van der Waals surface area contributed by atoms with Crippen LogP contribution in [0.15, 0.2) is 52.4 Å². The Hall–Kier alpha value is -2.21. The Bertz CT molecular complexity index is 640. The van der Waals surface area contributed by atoms with Gasteiger partial charge in [0.05, 0.1) is 16.7 Å². The molecule has 0 aromatic heterocycles. The van der Waals surface area contributed by atoms with E-state index in [9.17, 15) is 14.5 Å². The topological polar surface area (TPSA) is 67.5 Å². The molecule has 7 heteroatoms. The normalized spacial score (nSPS) is 20.8. The van der Waals surface area contributed by atoms with Crippen molar-refractivity contribution >= 4 is 17.3 Å². The highest BCUT2D eigenvalue weighted by atomic mass is 35.5. The summed E-state index contributed by atoms with van der Waals surface area (Å²) in [6, 6.07) is 5.60. The standard InChI is InChI=1S/C13H11ClFN3O2/c1-8-12(7-18(19)20)17-13(14)6-11(16-8)9-4-2-3-5-10(9)15/h2-8,17H,1H3. The molecule has 0 saturated carbocycles. The number of aliphatic imine (C=N–C) groups is 1. The van der Waals surface area contributed by atoms with Crippen molar-refractivity contribution in [1.29, 1.82) is 0 Å². The summed E-state index contributed by atoms with van der Waals surface area (Å²) in [5.74, 6) is -0.430. The van der Waals surface area contributed by atoms with Crippen molar-refractivity contribution < 1.29 is 9.31 Å². The van der Waals surface area contributed by atoms with E-state index in [1.165, 1.54) is 12.1 Å². The highest BCUT2D eigenvalue weighted by Crippen LogP contribution is 2.18. The molecule has 20 heavy (non-hydrogen) atoms. The van der Waals surface area contributed by atoms with Gasteiger partial charge in [0.25, 0.3) is 6.20 Å². The monoisotopic (exact) mass is 295 g/mol. The first-order valence-electron chi connectivity index (χ1n) is 5.79. The molecule has 0 bridgehead atoms. The van der Waals surface area contributed by atoms with E-state index < -0.39 is 16.8 Å². The maximum atomic E-state index is 13.8. The van der Waals surface area contributed by atoms with Gasteiger partial charge in [-0.2, -0.15) is 0 Å². The van der Waals surface area contributed by atoms with Crippen LogP contribution in [0, 0.1) is 15.9 Å². The zero-order valence-corrected chi connectivity index (χ0v) is 11.3. The molecule has 0 aliphatic carbocycles. The molecule has 104 valence electrons. The van der Waals surface area contributed by atoms with Crippen LogP contribution in [0.25, 0.3) is 0 Å². The predicted molar refractivity (Wildman–Crippen MR) is 74.5 cm³/mol. The Morgan fingerprint density at radius 3 is 2.85 bits per heavy atom. The second-order valence-corrected chi connectivity index (χ2v) is 4.56. The van der Waals surface area contributed by atoms with E-state index in [0.29, 0.717) is 11.3 Å². The summed E-state index contributed by atoms with van der Waals surface area (Å²) in [6.07, 6.45) is 2.24. The van der Waals surface area contributed by atoms with Crippen molar-refractivity contribution in [3.05, 3.63) is 68.9 Å². The van der Waals surface area contributed by atoms with Crippen molar-refractivity contribution in [2.75, 3.05) is 0 Å². The van der Waals surface area contributed by atoms with Gasteiger partial charge in [-0.3, -0.25) is 15.1 Å². The molecule has 1 aliphatic rings. The predicted octanol–water partition coefficient (Wildman–Crippen LogP) is 2.80. The highest BCUT2D eigenvalue weighted by Gasteiger charge is 2.19. The average molecular weight is 296 g/mol. The molecule has 5 nitrogen and oxygen atoms in total. The lowest BCUT2D eigenvalue weighted by molar-refractivity contribution is -0.403. The smallest absolute Gasteiger partial charge is 0.255 e. The summed E-state index contributed by atoms with van der Waals surface area (Å²) < 4.78 is 13.8. The number of allylic oxidation sites excluding steroid dienone is 1. The Labute approximate surface area is 119 Å². The van der Waals surface area contributed by atoms with Crippen molar-refractivity contribution in [3.8, 4) is 0 Å². The fourth-order valence-corrected chi connectivity index (χ4v) is 2.00. The molecule has 1 aliphatic heterocycles. The molecule has 1 heterocycles. The molecule has 1 unspecified atom stereocenters. The largest absolute Gasteiger partial charge is 0.343 e. The zero-order valence-electron chi connectivity index (χ0n) is 10.5. The molecule has 1 atom stereocenters. The Kier molecular flexibility index (Phi) is 4.14. The van der Waals surface area contributed by atoms with E-state index >= 15 is 0 Å². The summed E-state index contributed by atoms with van der Waals surface area (Å²) in [4.78, 5) is 14.2. The molecule has 1 aromatic rings. The van der Waals surface area contributed by atoms with Crippen LogP contribution >= 0.6 is 11.6 Å². The van der Waals surface area contributed by atoms with Crippen molar-refractivity contribution in [3.63, 3.8) is 0 Å². The maximum absolute atomic E-state index is 13.8. The number of halogens is 2. The van der Waals surface area contributed by atoms with Crippen LogP contribution in [0.1, 0.15) is 12.5 Å². The number of benzene rings is 1. The quantitative estimate of drug-likeness (QED) is 0.518. The van der Waals surface area contributed by atoms with Crippen LogP contribution in [-0.2, 0) is 0 Å². The minimum Gasteiger partial charge on any atom is -0.343 e. The summed E-state index contributed by atoms with van der Waals surface area (Å²) in [5, 5.41) is 13.4. The first-order chi connectivity index (χ1) is 9.47. The van der Waals surface area contributed by atoms with Crippen LogP contribution in [-0.4, -0.2) is 16.7 Å². The lowest BCUT2D eigenvalue weighted by Gasteiger charge is -2.08. The highest BCUT2D eigenvalue weighted by molar-refractivity contribution is 6.32. The van der Waals surface area contributed by atoms with Gasteiger partial charge in [0, 0.05) is 5.56 Å². The summed E-state index contributed by atoms with van der Waals surface area (Å²) >= 11 is 5.94.